The molecule has 5 rings (SSSR count). The Bertz CT molecular complexity index is 1290. The summed E-state index contributed by atoms with van der Waals surface area (Å²) in [6, 6.07) is 22.8. The number of benzene rings is 3. The lowest BCUT2D eigenvalue weighted by Gasteiger charge is -2.22. The van der Waals surface area contributed by atoms with Crippen molar-refractivity contribution in [3.05, 3.63) is 102 Å². The van der Waals surface area contributed by atoms with Crippen molar-refractivity contribution in [3.63, 3.8) is 0 Å². The van der Waals surface area contributed by atoms with Gasteiger partial charge in [-0.05, 0) is 41.5 Å². The maximum Gasteiger partial charge on any atom is 0.274 e. The van der Waals surface area contributed by atoms with E-state index in [1.807, 2.05) is 60.7 Å². The number of hydrogen-bond donors (Lipinski definition) is 0. The second-order valence-corrected chi connectivity index (χ2v) is 7.32. The highest BCUT2D eigenvalue weighted by atomic mass is 16.5. The van der Waals surface area contributed by atoms with E-state index in [-0.39, 0.29) is 11.9 Å². The largest absolute Gasteiger partial charge is 0.497 e. The summed E-state index contributed by atoms with van der Waals surface area (Å²) in [5, 5.41) is 6.33. The Kier molecular flexibility index (Phi) is 4.88. The number of methoxy groups -OCH3 is 1. The van der Waals surface area contributed by atoms with Crippen molar-refractivity contribution in [1.82, 2.24) is 15.0 Å². The topological polar surface area (TPSA) is 67.7 Å². The van der Waals surface area contributed by atoms with Crippen LogP contribution < -0.4 is 4.74 Å². The van der Waals surface area contributed by atoms with Crippen LogP contribution in [0.3, 0.4) is 0 Å². The summed E-state index contributed by atoms with van der Waals surface area (Å²) in [5.41, 5.74) is 5.00. The average molecular weight is 408 g/mol. The quantitative estimate of drug-likeness (QED) is 0.494. The fourth-order valence-electron chi connectivity index (χ4n) is 3.84. The van der Waals surface area contributed by atoms with Crippen molar-refractivity contribution < 1.29 is 9.53 Å². The Morgan fingerprint density at radius 3 is 2.55 bits per heavy atom. The molecule has 0 bridgehead atoms. The first-order chi connectivity index (χ1) is 15.2. The van der Waals surface area contributed by atoms with Crippen LogP contribution in [0.2, 0.25) is 0 Å². The minimum atomic E-state index is -0.236. The summed E-state index contributed by atoms with van der Waals surface area (Å²) < 4.78 is 5.30. The third kappa shape index (κ3) is 3.64. The number of amides is 1. The Balaban J connectivity index is 1.57. The van der Waals surface area contributed by atoms with Crippen LogP contribution in [0.1, 0.15) is 33.9 Å². The van der Waals surface area contributed by atoms with Crippen LogP contribution in [-0.4, -0.2) is 33.7 Å². The fraction of sp³-hybridized carbons (Fsp3) is 0.120. The summed E-state index contributed by atoms with van der Waals surface area (Å²) in [4.78, 5) is 22.2. The Morgan fingerprint density at radius 2 is 1.74 bits per heavy atom. The van der Waals surface area contributed by atoms with Gasteiger partial charge in [-0.3, -0.25) is 14.8 Å². The summed E-state index contributed by atoms with van der Waals surface area (Å²) in [6.07, 6.45) is 3.96. The first kappa shape index (κ1) is 18.9. The second kappa shape index (κ2) is 7.99. The number of fused-ring (bicyclic) bond motifs is 1. The SMILES string of the molecule is COc1cccc(C(=O)N2N=C(c3ccccc3)C[C@@H]2c2ccc3nccnc3c2)c1. The third-order valence-corrected chi connectivity index (χ3v) is 5.42. The second-order valence-electron chi connectivity index (χ2n) is 7.32. The first-order valence-corrected chi connectivity index (χ1v) is 10.0. The van der Waals surface area contributed by atoms with Crippen molar-refractivity contribution in [1.29, 1.82) is 0 Å². The van der Waals surface area contributed by atoms with E-state index in [0.29, 0.717) is 17.7 Å². The van der Waals surface area contributed by atoms with Crippen LogP contribution in [0, 0.1) is 0 Å². The molecule has 1 atom stereocenters. The first-order valence-electron chi connectivity index (χ1n) is 10.0. The number of rotatable bonds is 4. The number of carbonyl (C=O) groups is 1. The van der Waals surface area contributed by atoms with Crippen LogP contribution in [0.15, 0.2) is 90.3 Å². The zero-order valence-electron chi connectivity index (χ0n) is 17.0. The molecule has 3 aromatic carbocycles. The maximum atomic E-state index is 13.5. The Labute approximate surface area is 179 Å². The zero-order valence-corrected chi connectivity index (χ0v) is 17.0. The van der Waals surface area contributed by atoms with Gasteiger partial charge < -0.3 is 4.74 Å². The molecule has 0 aliphatic carbocycles. The molecule has 0 saturated carbocycles. The normalized spacial score (nSPS) is 15.7. The molecule has 31 heavy (non-hydrogen) atoms. The van der Waals surface area contributed by atoms with E-state index in [0.717, 1.165) is 27.9 Å². The van der Waals surface area contributed by atoms with Gasteiger partial charge in [-0.1, -0.05) is 42.5 Å². The lowest BCUT2D eigenvalue weighted by Crippen LogP contribution is -2.27. The number of aromatic nitrogens is 2. The van der Waals surface area contributed by atoms with E-state index >= 15 is 0 Å². The van der Waals surface area contributed by atoms with E-state index in [1.165, 1.54) is 0 Å². The van der Waals surface area contributed by atoms with Gasteiger partial charge in [0, 0.05) is 24.4 Å². The molecule has 152 valence electrons. The average Bonchev–Trinajstić information content (AvgIpc) is 3.29. The summed E-state index contributed by atoms with van der Waals surface area (Å²) >= 11 is 0. The summed E-state index contributed by atoms with van der Waals surface area (Å²) in [5.74, 6) is 0.462. The van der Waals surface area contributed by atoms with Gasteiger partial charge in [0.2, 0.25) is 0 Å². The van der Waals surface area contributed by atoms with Crippen molar-refractivity contribution in [3.8, 4) is 5.75 Å². The minimum absolute atomic E-state index is 0.172. The van der Waals surface area contributed by atoms with Gasteiger partial charge in [0.25, 0.3) is 5.91 Å². The smallest absolute Gasteiger partial charge is 0.274 e. The lowest BCUT2D eigenvalue weighted by molar-refractivity contribution is 0.0711. The minimum Gasteiger partial charge on any atom is -0.497 e. The van der Waals surface area contributed by atoms with Gasteiger partial charge in [-0.2, -0.15) is 5.10 Å². The molecule has 0 unspecified atom stereocenters. The van der Waals surface area contributed by atoms with Gasteiger partial charge in [0.15, 0.2) is 0 Å². The molecule has 0 saturated heterocycles. The molecule has 1 amide bonds. The van der Waals surface area contributed by atoms with Gasteiger partial charge in [-0.25, -0.2) is 5.01 Å². The molecule has 1 aromatic heterocycles. The number of hydrazone groups is 1. The van der Waals surface area contributed by atoms with E-state index in [4.69, 9.17) is 9.84 Å². The van der Waals surface area contributed by atoms with Gasteiger partial charge in [-0.15, -0.1) is 0 Å². The van der Waals surface area contributed by atoms with Crippen LogP contribution in [-0.2, 0) is 0 Å². The van der Waals surface area contributed by atoms with E-state index < -0.39 is 0 Å². The lowest BCUT2D eigenvalue weighted by atomic mass is 9.97. The molecule has 1 aliphatic heterocycles. The van der Waals surface area contributed by atoms with Crippen molar-refractivity contribution in [2.45, 2.75) is 12.5 Å². The van der Waals surface area contributed by atoms with E-state index in [2.05, 4.69) is 9.97 Å². The van der Waals surface area contributed by atoms with Gasteiger partial charge >= 0.3 is 0 Å². The third-order valence-electron chi connectivity index (χ3n) is 5.42. The van der Waals surface area contributed by atoms with Crippen LogP contribution in [0.4, 0.5) is 0 Å². The zero-order chi connectivity index (χ0) is 21.2. The Morgan fingerprint density at radius 1 is 0.935 bits per heavy atom. The number of carbonyl (C=O) groups excluding carboxylic acids is 1. The molecule has 4 aromatic rings. The van der Waals surface area contributed by atoms with Crippen LogP contribution in [0.25, 0.3) is 11.0 Å². The highest BCUT2D eigenvalue weighted by Crippen LogP contribution is 2.35. The number of nitrogens with zero attached hydrogens (tertiary/aromatic N) is 4. The van der Waals surface area contributed by atoms with Crippen molar-refractivity contribution in [2.75, 3.05) is 7.11 Å². The predicted molar refractivity (Wildman–Crippen MR) is 119 cm³/mol. The number of ether oxygens (including phenoxy) is 1. The highest BCUT2D eigenvalue weighted by molar-refractivity contribution is 6.05. The van der Waals surface area contributed by atoms with E-state index in [9.17, 15) is 4.79 Å². The molecule has 0 spiro atoms. The van der Waals surface area contributed by atoms with Crippen molar-refractivity contribution >= 4 is 22.7 Å². The molecule has 6 nitrogen and oxygen atoms in total. The standard InChI is InChI=1S/C25H20N4O2/c1-31-20-9-5-8-19(14-20)25(30)29-24(16-22(28-29)17-6-3-2-4-7-17)18-10-11-21-23(15-18)27-13-12-26-21/h2-15,24H,16H2,1H3/t24-/m1/s1. The summed E-state index contributed by atoms with van der Waals surface area (Å²) in [7, 11) is 1.59. The molecular formula is C25H20N4O2. The number of hydrogen-bond acceptors (Lipinski definition) is 5. The van der Waals surface area contributed by atoms with E-state index in [1.54, 1.807) is 36.6 Å². The van der Waals surface area contributed by atoms with Crippen molar-refractivity contribution in [2.24, 2.45) is 5.10 Å². The molecule has 1 aliphatic rings. The van der Waals surface area contributed by atoms with Crippen LogP contribution >= 0.6 is 0 Å². The molecule has 0 N–H and O–H groups in total. The maximum absolute atomic E-state index is 13.5. The predicted octanol–water partition coefficient (Wildman–Crippen LogP) is 4.63. The summed E-state index contributed by atoms with van der Waals surface area (Å²) in [6.45, 7) is 0. The molecule has 0 radical (unpaired) electrons. The van der Waals surface area contributed by atoms with Gasteiger partial charge in [0.1, 0.15) is 5.75 Å². The van der Waals surface area contributed by atoms with Gasteiger partial charge in [0.05, 0.1) is 29.9 Å². The van der Waals surface area contributed by atoms with Crippen LogP contribution in [0.5, 0.6) is 5.75 Å². The molecule has 6 heteroatoms. The highest BCUT2D eigenvalue weighted by Gasteiger charge is 2.34. The molecule has 0 fully saturated rings. The molecule has 2 heterocycles. The monoisotopic (exact) mass is 408 g/mol. The fourth-order valence-corrected chi connectivity index (χ4v) is 3.84. The molecular weight excluding hydrogens is 388 g/mol. The Hall–Kier alpha value is -4.06.